The third-order valence-corrected chi connectivity index (χ3v) is 2.53. The molecule has 1 unspecified atom stereocenters. The Morgan fingerprint density at radius 2 is 2.29 bits per heavy atom. The maximum atomic E-state index is 5.70. The molecule has 0 amide bonds. The Morgan fingerprint density at radius 1 is 1.43 bits per heavy atom. The Bertz CT molecular complexity index is 322. The molecule has 1 saturated heterocycles. The van der Waals surface area contributed by atoms with Crippen LogP contribution < -0.4 is 5.73 Å². The monoisotopic (exact) mass is 194 g/mol. The second-order valence-electron chi connectivity index (χ2n) is 3.70. The molecule has 5 nitrogen and oxygen atoms in total. The van der Waals surface area contributed by atoms with Crippen LogP contribution in [0.1, 0.15) is 32.0 Å². The summed E-state index contributed by atoms with van der Waals surface area (Å²) in [5.41, 5.74) is 5.13. The van der Waals surface area contributed by atoms with Crippen molar-refractivity contribution in [2.45, 2.75) is 31.8 Å². The highest BCUT2D eigenvalue weighted by Crippen LogP contribution is 2.32. The van der Waals surface area contributed by atoms with Gasteiger partial charge in [0.25, 0.3) is 0 Å². The second-order valence-corrected chi connectivity index (χ2v) is 3.70. The zero-order chi connectivity index (χ0) is 10.0. The van der Waals surface area contributed by atoms with Gasteiger partial charge in [0, 0.05) is 6.61 Å². The lowest BCUT2D eigenvalue weighted by atomic mass is 9.95. The van der Waals surface area contributed by atoms with Crippen molar-refractivity contribution in [3.8, 4) is 0 Å². The number of aromatic nitrogens is 3. The van der Waals surface area contributed by atoms with E-state index in [4.69, 9.17) is 10.5 Å². The largest absolute Gasteiger partial charge is 0.368 e. The average Bonchev–Trinajstić information content (AvgIpc) is 2.19. The van der Waals surface area contributed by atoms with E-state index in [1.807, 2.05) is 6.92 Å². The molecule has 0 saturated carbocycles. The average molecular weight is 194 g/mol. The van der Waals surface area contributed by atoms with Crippen molar-refractivity contribution in [2.24, 2.45) is 0 Å². The molecule has 1 aromatic rings. The molecule has 0 radical (unpaired) electrons. The van der Waals surface area contributed by atoms with Crippen molar-refractivity contribution in [1.29, 1.82) is 0 Å². The molecule has 1 aliphatic heterocycles. The van der Waals surface area contributed by atoms with E-state index < -0.39 is 0 Å². The van der Waals surface area contributed by atoms with Crippen LogP contribution in [0, 0.1) is 0 Å². The van der Waals surface area contributed by atoms with Gasteiger partial charge in [-0.3, -0.25) is 0 Å². The number of nitrogen functional groups attached to an aromatic ring is 1. The summed E-state index contributed by atoms with van der Waals surface area (Å²) in [6, 6.07) is 0. The van der Waals surface area contributed by atoms with Gasteiger partial charge in [0.05, 0.1) is 0 Å². The van der Waals surface area contributed by atoms with Crippen LogP contribution in [0.4, 0.5) is 5.95 Å². The number of rotatable bonds is 1. The molecule has 1 atom stereocenters. The summed E-state index contributed by atoms with van der Waals surface area (Å²) in [4.78, 5) is 12.0. The first-order valence-corrected chi connectivity index (χ1v) is 4.80. The predicted octanol–water partition coefficient (Wildman–Crippen LogP) is 0.869. The highest BCUT2D eigenvalue weighted by Gasteiger charge is 2.32. The fourth-order valence-corrected chi connectivity index (χ4v) is 1.67. The molecule has 76 valence electrons. The third-order valence-electron chi connectivity index (χ3n) is 2.53. The molecule has 2 N–H and O–H groups in total. The number of nitrogens with zero attached hydrogens (tertiary/aromatic N) is 3. The van der Waals surface area contributed by atoms with Gasteiger partial charge >= 0.3 is 0 Å². The first-order chi connectivity index (χ1) is 6.71. The maximum Gasteiger partial charge on any atom is 0.223 e. The first kappa shape index (κ1) is 9.33. The number of hydrogen-bond donors (Lipinski definition) is 1. The zero-order valence-electron chi connectivity index (χ0n) is 8.23. The highest BCUT2D eigenvalue weighted by atomic mass is 16.5. The Hall–Kier alpha value is -1.23. The zero-order valence-corrected chi connectivity index (χ0v) is 8.23. The van der Waals surface area contributed by atoms with Gasteiger partial charge in [0.15, 0.2) is 5.82 Å². The van der Waals surface area contributed by atoms with E-state index in [9.17, 15) is 0 Å². The quantitative estimate of drug-likeness (QED) is 0.718. The van der Waals surface area contributed by atoms with E-state index >= 15 is 0 Å². The fourth-order valence-electron chi connectivity index (χ4n) is 1.67. The van der Waals surface area contributed by atoms with Crippen molar-refractivity contribution in [1.82, 2.24) is 15.0 Å². The molecule has 2 heterocycles. The van der Waals surface area contributed by atoms with Crippen LogP contribution in [0.15, 0.2) is 6.33 Å². The summed E-state index contributed by atoms with van der Waals surface area (Å²) in [6.07, 6.45) is 4.62. The minimum absolute atomic E-state index is 0.255. The lowest BCUT2D eigenvalue weighted by Crippen LogP contribution is -2.32. The third kappa shape index (κ3) is 1.68. The van der Waals surface area contributed by atoms with Crippen molar-refractivity contribution in [3.05, 3.63) is 12.2 Å². The van der Waals surface area contributed by atoms with E-state index in [2.05, 4.69) is 15.0 Å². The van der Waals surface area contributed by atoms with Crippen LogP contribution in [0.25, 0.3) is 0 Å². The van der Waals surface area contributed by atoms with Crippen molar-refractivity contribution >= 4 is 5.95 Å². The molecule has 14 heavy (non-hydrogen) atoms. The van der Waals surface area contributed by atoms with Gasteiger partial charge in [0.2, 0.25) is 5.95 Å². The van der Waals surface area contributed by atoms with E-state index in [-0.39, 0.29) is 11.5 Å². The van der Waals surface area contributed by atoms with E-state index in [0.717, 1.165) is 25.9 Å². The van der Waals surface area contributed by atoms with Gasteiger partial charge in [-0.2, -0.15) is 4.98 Å². The summed E-state index contributed by atoms with van der Waals surface area (Å²) in [7, 11) is 0. The molecule has 0 bridgehead atoms. The van der Waals surface area contributed by atoms with Gasteiger partial charge < -0.3 is 10.5 Å². The highest BCUT2D eigenvalue weighted by molar-refractivity contribution is 5.15. The summed E-state index contributed by atoms with van der Waals surface area (Å²) in [6.45, 7) is 2.77. The smallest absolute Gasteiger partial charge is 0.223 e. The first-order valence-electron chi connectivity index (χ1n) is 4.80. The standard InChI is InChI=1S/C9H14N4O/c1-9(4-2-3-5-14-9)7-11-6-12-8(10)13-7/h6H,2-5H2,1H3,(H2,10,11,12,13). The lowest BCUT2D eigenvalue weighted by molar-refractivity contribution is -0.0760. The molecule has 0 spiro atoms. The molecular formula is C9H14N4O. The predicted molar refractivity (Wildman–Crippen MR) is 51.4 cm³/mol. The molecule has 0 aliphatic carbocycles. The Kier molecular flexibility index (Phi) is 2.33. The SMILES string of the molecule is CC1(c2ncnc(N)n2)CCCCO1. The van der Waals surface area contributed by atoms with Gasteiger partial charge in [-0.1, -0.05) is 0 Å². The Balaban J connectivity index is 2.28. The van der Waals surface area contributed by atoms with E-state index in [0.29, 0.717) is 5.82 Å². The van der Waals surface area contributed by atoms with Crippen molar-refractivity contribution < 1.29 is 4.74 Å². The van der Waals surface area contributed by atoms with Gasteiger partial charge in [-0.05, 0) is 26.2 Å². The minimum atomic E-state index is -0.380. The number of ether oxygens (including phenoxy) is 1. The van der Waals surface area contributed by atoms with Crippen LogP contribution in [-0.2, 0) is 10.3 Å². The van der Waals surface area contributed by atoms with Crippen LogP contribution >= 0.6 is 0 Å². The molecule has 5 heteroatoms. The molecule has 0 aromatic carbocycles. The van der Waals surface area contributed by atoms with Crippen LogP contribution in [0.5, 0.6) is 0 Å². The molecule has 1 aromatic heterocycles. The fraction of sp³-hybridized carbons (Fsp3) is 0.667. The van der Waals surface area contributed by atoms with Gasteiger partial charge in [0.1, 0.15) is 11.9 Å². The Morgan fingerprint density at radius 3 is 2.93 bits per heavy atom. The van der Waals surface area contributed by atoms with E-state index in [1.165, 1.54) is 6.33 Å². The maximum absolute atomic E-state index is 5.70. The second kappa shape index (κ2) is 3.49. The summed E-state index contributed by atoms with van der Waals surface area (Å²) >= 11 is 0. The van der Waals surface area contributed by atoms with Crippen molar-refractivity contribution in [2.75, 3.05) is 12.3 Å². The van der Waals surface area contributed by atoms with Crippen LogP contribution in [0.3, 0.4) is 0 Å². The summed E-state index contributed by atoms with van der Waals surface area (Å²) in [5, 5.41) is 0. The van der Waals surface area contributed by atoms with E-state index in [1.54, 1.807) is 0 Å². The van der Waals surface area contributed by atoms with Crippen LogP contribution in [0.2, 0.25) is 0 Å². The Labute approximate surface area is 82.7 Å². The van der Waals surface area contributed by atoms with Gasteiger partial charge in [-0.25, -0.2) is 9.97 Å². The number of nitrogens with two attached hydrogens (primary N) is 1. The minimum Gasteiger partial charge on any atom is -0.368 e. The summed E-state index contributed by atoms with van der Waals surface area (Å²) in [5.74, 6) is 0.898. The lowest BCUT2D eigenvalue weighted by Gasteiger charge is -2.32. The van der Waals surface area contributed by atoms with Gasteiger partial charge in [-0.15, -0.1) is 0 Å². The molecule has 2 rings (SSSR count). The molecule has 1 fully saturated rings. The molecule has 1 aliphatic rings. The summed E-state index contributed by atoms with van der Waals surface area (Å²) < 4.78 is 5.70. The van der Waals surface area contributed by atoms with Crippen molar-refractivity contribution in [3.63, 3.8) is 0 Å². The number of hydrogen-bond acceptors (Lipinski definition) is 5. The topological polar surface area (TPSA) is 73.9 Å². The molecular weight excluding hydrogens is 180 g/mol. The number of anilines is 1. The van der Waals surface area contributed by atoms with Crippen LogP contribution in [-0.4, -0.2) is 21.6 Å². The normalized spacial score (nSPS) is 27.5.